The molecule has 8 heteroatoms. The van der Waals surface area contributed by atoms with E-state index in [1.165, 1.54) is 0 Å². The van der Waals surface area contributed by atoms with E-state index in [0.717, 1.165) is 12.1 Å². The number of hydrogen-bond donors (Lipinski definition) is 1. The zero-order chi connectivity index (χ0) is 14.7. The Morgan fingerprint density at radius 2 is 1.71 bits per heavy atom. The Hall–Kier alpha value is -0.560. The lowest BCUT2D eigenvalue weighted by Crippen LogP contribution is -2.45. The van der Waals surface area contributed by atoms with Crippen LogP contribution in [0.2, 0.25) is 5.02 Å². The summed E-state index contributed by atoms with van der Waals surface area (Å²) in [5.41, 5.74) is -0.172. The maximum atomic E-state index is 13.9. The molecule has 120 valence electrons. The predicted molar refractivity (Wildman–Crippen MR) is 76.4 cm³/mol. The molecule has 0 bridgehead atoms. The number of nitrogens with zero attached hydrogens (tertiary/aromatic N) is 1. The highest BCUT2D eigenvalue weighted by Crippen LogP contribution is 2.35. The van der Waals surface area contributed by atoms with E-state index in [1.54, 1.807) is 4.90 Å². The molecule has 1 N–H and O–H groups in total. The molecule has 0 spiro atoms. The van der Waals surface area contributed by atoms with Gasteiger partial charge in [-0.3, -0.25) is 4.90 Å². The van der Waals surface area contributed by atoms with Crippen molar-refractivity contribution in [3.8, 4) is 0 Å². The van der Waals surface area contributed by atoms with Gasteiger partial charge in [0.1, 0.15) is 11.6 Å². The SMILES string of the molecule is Cl.Fc1ccc(F)c([C@H](CC(F)F)N2CCNCC2)c1Cl. The molecule has 0 radical (unpaired) electrons. The van der Waals surface area contributed by atoms with Gasteiger partial charge in [0, 0.05) is 44.2 Å². The number of hydrogen-bond acceptors (Lipinski definition) is 2. The van der Waals surface area contributed by atoms with Gasteiger partial charge < -0.3 is 5.32 Å². The first kappa shape index (κ1) is 18.5. The zero-order valence-electron chi connectivity index (χ0n) is 11.1. The van der Waals surface area contributed by atoms with Crippen molar-refractivity contribution < 1.29 is 17.6 Å². The van der Waals surface area contributed by atoms with Crippen LogP contribution in [0, 0.1) is 11.6 Å². The van der Waals surface area contributed by atoms with Gasteiger partial charge in [-0.05, 0) is 12.1 Å². The monoisotopic (exact) mass is 346 g/mol. The second kappa shape index (κ2) is 8.17. The zero-order valence-corrected chi connectivity index (χ0v) is 12.7. The molecule has 0 aliphatic carbocycles. The lowest BCUT2D eigenvalue weighted by Gasteiger charge is -2.35. The normalized spacial score (nSPS) is 17.6. The molecule has 1 aliphatic heterocycles. The third kappa shape index (κ3) is 4.45. The van der Waals surface area contributed by atoms with Gasteiger partial charge in [0.05, 0.1) is 5.02 Å². The Kier molecular flexibility index (Phi) is 7.20. The van der Waals surface area contributed by atoms with E-state index in [0.29, 0.717) is 26.2 Å². The van der Waals surface area contributed by atoms with Gasteiger partial charge >= 0.3 is 0 Å². The summed E-state index contributed by atoms with van der Waals surface area (Å²) >= 11 is 5.79. The Labute approximate surface area is 131 Å². The fourth-order valence-electron chi connectivity index (χ4n) is 2.46. The van der Waals surface area contributed by atoms with Crippen LogP contribution in [-0.2, 0) is 0 Å². The van der Waals surface area contributed by atoms with Gasteiger partial charge in [-0.2, -0.15) is 0 Å². The summed E-state index contributed by atoms with van der Waals surface area (Å²) in [6, 6.07) is 0.913. The second-order valence-electron chi connectivity index (χ2n) is 4.69. The van der Waals surface area contributed by atoms with Crippen LogP contribution >= 0.6 is 24.0 Å². The highest BCUT2D eigenvalue weighted by Gasteiger charge is 2.30. The lowest BCUT2D eigenvalue weighted by molar-refractivity contribution is 0.0724. The van der Waals surface area contributed by atoms with Crippen molar-refractivity contribution in [3.05, 3.63) is 34.4 Å². The summed E-state index contributed by atoms with van der Waals surface area (Å²) in [5.74, 6) is -1.54. The molecule has 1 saturated heterocycles. The summed E-state index contributed by atoms with van der Waals surface area (Å²) in [5, 5.41) is 2.68. The molecule has 1 aliphatic rings. The van der Waals surface area contributed by atoms with Crippen LogP contribution in [0.3, 0.4) is 0 Å². The van der Waals surface area contributed by atoms with E-state index in [-0.39, 0.29) is 18.0 Å². The highest BCUT2D eigenvalue weighted by molar-refractivity contribution is 6.31. The molecule has 1 heterocycles. The van der Waals surface area contributed by atoms with Crippen molar-refractivity contribution in [2.45, 2.75) is 18.9 Å². The number of halogens is 6. The van der Waals surface area contributed by atoms with Gasteiger partial charge in [-0.25, -0.2) is 17.6 Å². The van der Waals surface area contributed by atoms with Crippen molar-refractivity contribution in [3.63, 3.8) is 0 Å². The van der Waals surface area contributed by atoms with E-state index < -0.39 is 35.5 Å². The average molecular weight is 347 g/mol. The lowest BCUT2D eigenvalue weighted by atomic mass is 10.00. The predicted octanol–water partition coefficient (Wildman–Crippen LogP) is 3.64. The Bertz CT molecular complexity index is 468. The molecule has 0 amide bonds. The van der Waals surface area contributed by atoms with Crippen molar-refractivity contribution in [2.75, 3.05) is 26.2 Å². The quantitative estimate of drug-likeness (QED) is 0.661. The first-order valence-electron chi connectivity index (χ1n) is 6.37. The number of rotatable bonds is 4. The third-order valence-corrected chi connectivity index (χ3v) is 3.79. The molecule has 1 aromatic carbocycles. The van der Waals surface area contributed by atoms with Crippen molar-refractivity contribution in [2.24, 2.45) is 0 Å². The van der Waals surface area contributed by atoms with Crippen LogP contribution in [0.4, 0.5) is 17.6 Å². The largest absolute Gasteiger partial charge is 0.314 e. The molecule has 21 heavy (non-hydrogen) atoms. The summed E-state index contributed by atoms with van der Waals surface area (Å²) < 4.78 is 53.0. The molecule has 0 saturated carbocycles. The number of piperazine rings is 1. The van der Waals surface area contributed by atoms with Gasteiger partial charge in [0.15, 0.2) is 0 Å². The van der Waals surface area contributed by atoms with Gasteiger partial charge in [-0.15, -0.1) is 12.4 Å². The molecule has 2 rings (SSSR count). The van der Waals surface area contributed by atoms with Crippen LogP contribution in [0.15, 0.2) is 12.1 Å². The average Bonchev–Trinajstić information content (AvgIpc) is 2.43. The molecular formula is C13H16Cl2F4N2. The minimum Gasteiger partial charge on any atom is -0.314 e. The summed E-state index contributed by atoms with van der Waals surface area (Å²) in [6.45, 7) is 2.22. The van der Waals surface area contributed by atoms with Gasteiger partial charge in [0.25, 0.3) is 0 Å². The molecule has 0 unspecified atom stereocenters. The van der Waals surface area contributed by atoms with Crippen LogP contribution < -0.4 is 5.32 Å². The second-order valence-corrected chi connectivity index (χ2v) is 5.06. The van der Waals surface area contributed by atoms with Crippen molar-refractivity contribution in [1.82, 2.24) is 10.2 Å². The number of benzene rings is 1. The minimum absolute atomic E-state index is 0. The van der Waals surface area contributed by atoms with Crippen LogP contribution in [0.5, 0.6) is 0 Å². The maximum absolute atomic E-state index is 13.9. The van der Waals surface area contributed by atoms with Crippen LogP contribution in [0.1, 0.15) is 18.0 Å². The highest BCUT2D eigenvalue weighted by atomic mass is 35.5. The van der Waals surface area contributed by atoms with E-state index in [1.807, 2.05) is 0 Å². The van der Waals surface area contributed by atoms with E-state index >= 15 is 0 Å². The third-order valence-electron chi connectivity index (χ3n) is 3.41. The van der Waals surface area contributed by atoms with Crippen molar-refractivity contribution >= 4 is 24.0 Å². The Morgan fingerprint density at radius 1 is 1.14 bits per heavy atom. The van der Waals surface area contributed by atoms with Crippen LogP contribution in [-0.4, -0.2) is 37.5 Å². The molecular weight excluding hydrogens is 331 g/mol. The van der Waals surface area contributed by atoms with E-state index in [2.05, 4.69) is 5.32 Å². The maximum Gasteiger partial charge on any atom is 0.240 e. The fourth-order valence-corrected chi connectivity index (χ4v) is 2.74. The fraction of sp³-hybridized carbons (Fsp3) is 0.538. The number of alkyl halides is 2. The number of nitrogens with one attached hydrogen (secondary N) is 1. The summed E-state index contributed by atoms with van der Waals surface area (Å²) in [7, 11) is 0. The molecule has 0 aromatic heterocycles. The molecule has 1 atom stereocenters. The molecule has 2 nitrogen and oxygen atoms in total. The Morgan fingerprint density at radius 3 is 2.29 bits per heavy atom. The van der Waals surface area contributed by atoms with E-state index in [4.69, 9.17) is 11.6 Å². The smallest absolute Gasteiger partial charge is 0.240 e. The topological polar surface area (TPSA) is 15.3 Å². The van der Waals surface area contributed by atoms with Crippen LogP contribution in [0.25, 0.3) is 0 Å². The minimum atomic E-state index is -2.62. The van der Waals surface area contributed by atoms with E-state index in [9.17, 15) is 17.6 Å². The summed E-state index contributed by atoms with van der Waals surface area (Å²) in [4.78, 5) is 1.71. The Balaban J connectivity index is 0.00000220. The first-order valence-corrected chi connectivity index (χ1v) is 6.74. The molecule has 1 aromatic rings. The molecule has 1 fully saturated rings. The standard InChI is InChI=1S/C13H15ClF4N2.ClH/c14-13-9(16)2-1-8(15)12(13)10(7-11(17)18)20-5-3-19-4-6-20;/h1-2,10-11,19H,3-7H2;1H/t10-;/m0./s1. The van der Waals surface area contributed by atoms with Crippen molar-refractivity contribution in [1.29, 1.82) is 0 Å². The first-order chi connectivity index (χ1) is 9.50. The summed E-state index contributed by atoms with van der Waals surface area (Å²) in [6.07, 6.45) is -3.19. The van der Waals surface area contributed by atoms with Gasteiger partial charge in [0.2, 0.25) is 6.43 Å². The van der Waals surface area contributed by atoms with Gasteiger partial charge in [-0.1, -0.05) is 11.6 Å².